The van der Waals surface area contributed by atoms with Gasteiger partial charge in [-0.2, -0.15) is 26.3 Å². The van der Waals surface area contributed by atoms with Gasteiger partial charge in [0.2, 0.25) is 5.91 Å². The highest BCUT2D eigenvalue weighted by molar-refractivity contribution is 5.80. The molecule has 1 amide bonds. The van der Waals surface area contributed by atoms with Crippen molar-refractivity contribution in [3.05, 3.63) is 53.1 Å². The van der Waals surface area contributed by atoms with E-state index in [0.29, 0.717) is 12.8 Å². The van der Waals surface area contributed by atoms with Crippen LogP contribution in [-0.4, -0.2) is 86.4 Å². The quantitative estimate of drug-likeness (QED) is 0.371. The molecule has 42 heavy (non-hydrogen) atoms. The maximum absolute atomic E-state index is 12.7. The van der Waals surface area contributed by atoms with Gasteiger partial charge in [0.1, 0.15) is 5.82 Å². The van der Waals surface area contributed by atoms with Crippen molar-refractivity contribution in [1.82, 2.24) is 19.9 Å². The van der Waals surface area contributed by atoms with Gasteiger partial charge in [0, 0.05) is 57.1 Å². The van der Waals surface area contributed by atoms with Crippen LogP contribution in [0.15, 0.2) is 30.6 Å². The molecule has 16 heteroatoms. The summed E-state index contributed by atoms with van der Waals surface area (Å²) in [5.41, 5.74) is 6.90. The van der Waals surface area contributed by atoms with E-state index < -0.39 is 24.3 Å². The number of pyridine rings is 1. The van der Waals surface area contributed by atoms with Crippen LogP contribution in [0.25, 0.3) is 11.0 Å². The van der Waals surface area contributed by atoms with Crippen molar-refractivity contribution < 1.29 is 50.9 Å². The third-order valence-electron chi connectivity index (χ3n) is 6.25. The highest BCUT2D eigenvalue weighted by atomic mass is 19.4. The average Bonchev–Trinajstić information content (AvgIpc) is 3.33. The molecule has 0 unspecified atom stereocenters. The second-order valence-corrected chi connectivity index (χ2v) is 9.22. The summed E-state index contributed by atoms with van der Waals surface area (Å²) in [6.45, 7) is 9.52. The minimum Gasteiger partial charge on any atom is -0.475 e. The number of aryl methyl sites for hydroxylation is 4. The number of alkyl halides is 6. The molecule has 0 atom stereocenters. The molecule has 10 nitrogen and oxygen atoms in total. The number of aliphatic carboxylic acids is 2. The lowest BCUT2D eigenvalue weighted by molar-refractivity contribution is -0.193. The van der Waals surface area contributed by atoms with Crippen LogP contribution < -0.4 is 4.90 Å². The van der Waals surface area contributed by atoms with Gasteiger partial charge in [0.25, 0.3) is 0 Å². The Kier molecular flexibility index (Phi) is 11.3. The van der Waals surface area contributed by atoms with Crippen LogP contribution in [0.1, 0.15) is 28.9 Å². The van der Waals surface area contributed by atoms with Gasteiger partial charge in [0.15, 0.2) is 0 Å². The molecule has 1 aliphatic heterocycles. The number of carbonyl (C=O) groups is 3. The number of aromatic nitrogens is 3. The number of fused-ring (bicyclic) bond motifs is 1. The van der Waals surface area contributed by atoms with Crippen LogP contribution in [0, 0.1) is 20.8 Å². The summed E-state index contributed by atoms with van der Waals surface area (Å²) >= 11 is 0. The van der Waals surface area contributed by atoms with Gasteiger partial charge < -0.3 is 25.0 Å². The minimum absolute atomic E-state index is 0.208. The number of hydrogen-bond donors (Lipinski definition) is 3. The number of imidazole rings is 1. The van der Waals surface area contributed by atoms with Gasteiger partial charge in [-0.15, -0.1) is 0 Å². The zero-order valence-electron chi connectivity index (χ0n) is 22.8. The monoisotopic (exact) mass is 605 g/mol. The van der Waals surface area contributed by atoms with Crippen molar-refractivity contribution in [1.29, 1.82) is 0 Å². The van der Waals surface area contributed by atoms with Crippen molar-refractivity contribution in [2.75, 3.05) is 31.1 Å². The Balaban J connectivity index is 0.000000367. The Morgan fingerprint density at radius 1 is 0.881 bits per heavy atom. The number of benzene rings is 1. The molecule has 3 N–H and O–H groups in total. The predicted molar refractivity (Wildman–Crippen MR) is 139 cm³/mol. The molecule has 0 radical (unpaired) electrons. The van der Waals surface area contributed by atoms with Gasteiger partial charge in [0.05, 0.1) is 11.0 Å². The number of nitrogens with zero attached hydrogens (tertiary/aromatic N) is 4. The number of aromatic amines is 1. The fraction of sp³-hybridized carbons (Fsp3) is 0.423. The number of hydrogen-bond acceptors (Lipinski definition) is 6. The number of halogens is 6. The van der Waals surface area contributed by atoms with Crippen molar-refractivity contribution in [2.45, 2.75) is 46.0 Å². The molecule has 0 aliphatic carbocycles. The zero-order chi connectivity index (χ0) is 31.8. The molecule has 1 aliphatic rings. The van der Waals surface area contributed by atoms with Gasteiger partial charge in [-0.1, -0.05) is 6.07 Å². The summed E-state index contributed by atoms with van der Waals surface area (Å²) in [6.07, 6.45) is -5.30. The summed E-state index contributed by atoms with van der Waals surface area (Å²) in [5, 5.41) is 14.2. The molecule has 3 aromatic rings. The van der Waals surface area contributed by atoms with Crippen molar-refractivity contribution in [3.8, 4) is 0 Å². The number of carbonyl (C=O) groups excluding carboxylic acids is 1. The second-order valence-electron chi connectivity index (χ2n) is 9.22. The van der Waals surface area contributed by atoms with Crippen molar-refractivity contribution in [3.63, 3.8) is 0 Å². The van der Waals surface area contributed by atoms with E-state index in [1.165, 1.54) is 22.4 Å². The van der Waals surface area contributed by atoms with E-state index in [-0.39, 0.29) is 5.91 Å². The lowest BCUT2D eigenvalue weighted by atomic mass is 10.1. The summed E-state index contributed by atoms with van der Waals surface area (Å²) in [5.74, 6) is -4.41. The molecule has 1 fully saturated rings. The first-order chi connectivity index (χ1) is 19.4. The second kappa shape index (κ2) is 14.0. The van der Waals surface area contributed by atoms with E-state index in [4.69, 9.17) is 24.8 Å². The van der Waals surface area contributed by atoms with Crippen LogP contribution in [0.4, 0.5) is 32.0 Å². The molecule has 0 bridgehead atoms. The number of rotatable bonds is 4. The van der Waals surface area contributed by atoms with Gasteiger partial charge in [-0.3, -0.25) is 9.78 Å². The molecule has 3 heterocycles. The molecule has 2 aromatic heterocycles. The number of amides is 1. The number of piperazine rings is 1. The highest BCUT2D eigenvalue weighted by Gasteiger charge is 2.38. The van der Waals surface area contributed by atoms with E-state index in [1.54, 1.807) is 0 Å². The third-order valence-corrected chi connectivity index (χ3v) is 6.25. The maximum atomic E-state index is 12.7. The van der Waals surface area contributed by atoms with E-state index in [0.717, 1.165) is 43.0 Å². The van der Waals surface area contributed by atoms with Gasteiger partial charge in [-0.25, -0.2) is 14.6 Å². The topological polar surface area (TPSA) is 140 Å². The lowest BCUT2D eigenvalue weighted by Crippen LogP contribution is -2.49. The fourth-order valence-corrected chi connectivity index (χ4v) is 3.88. The summed E-state index contributed by atoms with van der Waals surface area (Å²) < 4.78 is 63.5. The van der Waals surface area contributed by atoms with Crippen LogP contribution in [0.3, 0.4) is 0 Å². The Hall–Kier alpha value is -4.37. The predicted octanol–water partition coefficient (Wildman–Crippen LogP) is 4.43. The van der Waals surface area contributed by atoms with E-state index in [2.05, 4.69) is 53.8 Å². The number of H-pyrrole nitrogens is 1. The number of carboxylic acids is 2. The van der Waals surface area contributed by atoms with E-state index >= 15 is 0 Å². The molecule has 0 spiro atoms. The van der Waals surface area contributed by atoms with Crippen molar-refractivity contribution >= 4 is 34.6 Å². The average molecular weight is 606 g/mol. The van der Waals surface area contributed by atoms with E-state index in [1.807, 2.05) is 17.3 Å². The summed E-state index contributed by atoms with van der Waals surface area (Å²) in [4.78, 5) is 47.0. The first-order valence-electron chi connectivity index (χ1n) is 12.4. The molecular weight excluding hydrogens is 576 g/mol. The lowest BCUT2D eigenvalue weighted by Gasteiger charge is -2.36. The summed E-state index contributed by atoms with van der Waals surface area (Å²) in [7, 11) is 0. The first kappa shape index (κ1) is 33.8. The minimum atomic E-state index is -5.08. The van der Waals surface area contributed by atoms with Gasteiger partial charge in [-0.05, 0) is 49.6 Å². The largest absolute Gasteiger partial charge is 0.490 e. The maximum Gasteiger partial charge on any atom is 0.490 e. The molecular formula is C26H29F6N5O5. The Bertz CT molecular complexity index is 1370. The van der Waals surface area contributed by atoms with Crippen LogP contribution >= 0.6 is 0 Å². The molecule has 1 saturated heterocycles. The highest BCUT2D eigenvalue weighted by Crippen LogP contribution is 2.22. The molecule has 230 valence electrons. The first-order valence-corrected chi connectivity index (χ1v) is 12.4. The zero-order valence-corrected chi connectivity index (χ0v) is 22.8. The molecule has 0 saturated carbocycles. The van der Waals surface area contributed by atoms with Crippen LogP contribution in [0.5, 0.6) is 0 Å². The molecule has 1 aromatic carbocycles. The van der Waals surface area contributed by atoms with E-state index in [9.17, 15) is 31.1 Å². The summed E-state index contributed by atoms with van der Waals surface area (Å²) in [6, 6.07) is 6.23. The van der Waals surface area contributed by atoms with Crippen LogP contribution in [-0.2, 0) is 20.8 Å². The Labute approximate surface area is 236 Å². The fourth-order valence-electron chi connectivity index (χ4n) is 3.88. The Morgan fingerprint density at radius 2 is 1.43 bits per heavy atom. The molecule has 4 rings (SSSR count). The third kappa shape index (κ3) is 9.62. The smallest absolute Gasteiger partial charge is 0.475 e. The normalized spacial score (nSPS) is 13.5. The number of carboxylic acid groups (broad SMARTS) is 2. The SMILES string of the molecule is Cc1cnccc1N1CCN(C(=O)CCc2nc3c(C)c(C)ccc3[nH]2)CC1.O=C(O)C(F)(F)F.O=C(O)C(F)(F)F. The Morgan fingerprint density at radius 3 is 1.93 bits per heavy atom. The van der Waals surface area contributed by atoms with Crippen molar-refractivity contribution in [2.24, 2.45) is 0 Å². The number of nitrogens with one attached hydrogen (secondary N) is 1. The number of anilines is 1. The standard InChI is InChI=1S/C22H27N5O.2C2HF3O2/c1-15-4-5-18-22(17(15)3)25-20(24-18)6-7-21(28)27-12-10-26(11-13-27)19-8-9-23-14-16(19)2;2*3-2(4,5)1(6)7/h4-5,8-9,14H,6-7,10-13H2,1-3H3,(H,24,25);2*(H,6,7). The van der Waals surface area contributed by atoms with Gasteiger partial charge >= 0.3 is 24.3 Å². The van der Waals surface area contributed by atoms with Crippen LogP contribution in [0.2, 0.25) is 0 Å².